The van der Waals surface area contributed by atoms with Crippen molar-refractivity contribution in [1.29, 1.82) is 0 Å². The van der Waals surface area contributed by atoms with Crippen LogP contribution in [0.2, 0.25) is 0 Å². The predicted molar refractivity (Wildman–Crippen MR) is 141 cm³/mol. The molecule has 0 aromatic heterocycles. The number of fused-ring (bicyclic) bond motifs is 1. The maximum absolute atomic E-state index is 12.7. The Morgan fingerprint density at radius 1 is 1.03 bits per heavy atom. The van der Waals surface area contributed by atoms with Crippen molar-refractivity contribution in [3.63, 3.8) is 0 Å². The molecule has 2 atom stereocenters. The molecular weight excluding hydrogens is 454 g/mol. The average molecular weight is 497 g/mol. The van der Waals surface area contributed by atoms with Gasteiger partial charge >= 0.3 is 0 Å². The molecule has 9 nitrogen and oxygen atoms in total. The van der Waals surface area contributed by atoms with Gasteiger partial charge in [-0.2, -0.15) is 0 Å². The maximum Gasteiger partial charge on any atom is 0.227 e. The lowest BCUT2D eigenvalue weighted by molar-refractivity contribution is -0.762. The van der Waals surface area contributed by atoms with Crippen LogP contribution in [0.4, 0.5) is 5.69 Å². The first-order valence-corrected chi connectivity index (χ1v) is 13.5. The summed E-state index contributed by atoms with van der Waals surface area (Å²) in [5.74, 6) is 0.915. The van der Waals surface area contributed by atoms with Crippen LogP contribution in [0, 0.1) is 0 Å². The molecule has 36 heavy (non-hydrogen) atoms. The van der Waals surface area contributed by atoms with Crippen molar-refractivity contribution in [1.82, 2.24) is 19.6 Å². The summed E-state index contributed by atoms with van der Waals surface area (Å²) in [7, 11) is 6.08. The first kappa shape index (κ1) is 25.2. The van der Waals surface area contributed by atoms with Crippen LogP contribution in [0.1, 0.15) is 56.7 Å². The number of aliphatic hydroxyl groups is 1. The van der Waals surface area contributed by atoms with E-state index in [0.717, 1.165) is 55.4 Å². The van der Waals surface area contributed by atoms with Gasteiger partial charge in [0.25, 0.3) is 0 Å². The van der Waals surface area contributed by atoms with Gasteiger partial charge in [0, 0.05) is 70.3 Å². The van der Waals surface area contributed by atoms with E-state index in [9.17, 15) is 9.90 Å². The van der Waals surface area contributed by atoms with Gasteiger partial charge in [-0.25, -0.2) is 4.99 Å². The van der Waals surface area contributed by atoms with E-state index < -0.39 is 6.23 Å². The molecule has 9 heteroatoms. The van der Waals surface area contributed by atoms with Crippen LogP contribution < -0.4 is 10.6 Å². The van der Waals surface area contributed by atoms with Crippen LogP contribution in [-0.4, -0.2) is 95.6 Å². The number of carbonyl (C=O) groups is 1. The molecule has 1 amide bonds. The first-order chi connectivity index (χ1) is 17.4. The smallest absolute Gasteiger partial charge is 0.227 e. The summed E-state index contributed by atoms with van der Waals surface area (Å²) in [6.07, 6.45) is 8.93. The third-order valence-electron chi connectivity index (χ3n) is 8.46. The molecule has 1 aromatic carbocycles. The van der Waals surface area contributed by atoms with Gasteiger partial charge < -0.3 is 30.4 Å². The van der Waals surface area contributed by atoms with Gasteiger partial charge in [0.15, 0.2) is 0 Å². The molecule has 2 saturated heterocycles. The van der Waals surface area contributed by atoms with Crippen LogP contribution >= 0.6 is 0 Å². The standard InChI is InChI=1S/C27H41N7O2/c1-31-15-12-21(13-16-31)29-25(36)19-8-10-20(11-9-19)30-27-28-18-23-26(33(27)3)34(22-6-4-5-7-22)17-14-24(35)32(23)2/h8-11,18,21-22,25-26,29,36H,4-7,12-17H2,1-3H3,(H,28,30)/p+1. The number of anilines is 1. The maximum atomic E-state index is 12.7. The topological polar surface area (TPSA) is 91.3 Å². The van der Waals surface area contributed by atoms with E-state index in [-0.39, 0.29) is 12.1 Å². The Morgan fingerprint density at radius 2 is 1.72 bits per heavy atom. The normalized spacial score (nSPS) is 25.9. The molecular formula is C27H42N7O2+. The van der Waals surface area contributed by atoms with Crippen molar-refractivity contribution in [2.75, 3.05) is 46.1 Å². The number of likely N-dealkylation sites (tertiary alicyclic amines) is 1. The number of carbonyl (C=O) groups excluding carboxylic acids is 1. The minimum atomic E-state index is -0.549. The number of quaternary nitrogens is 1. The molecule has 3 aliphatic heterocycles. The van der Waals surface area contributed by atoms with E-state index in [1.54, 1.807) is 4.90 Å². The molecule has 4 aliphatic rings. The van der Waals surface area contributed by atoms with Gasteiger partial charge in [-0.05, 0) is 44.2 Å². The number of nitrogens with two attached hydrogens (primary N) is 1. The molecule has 2 unspecified atom stereocenters. The summed E-state index contributed by atoms with van der Waals surface area (Å²) in [5, 5.41) is 16.3. The first-order valence-electron chi connectivity index (χ1n) is 13.5. The second kappa shape index (κ2) is 10.9. The van der Waals surface area contributed by atoms with E-state index in [2.05, 4.69) is 39.4 Å². The number of aliphatic hydroxyl groups excluding tert-OH is 1. The Labute approximate surface area is 214 Å². The Kier molecular flexibility index (Phi) is 7.62. The van der Waals surface area contributed by atoms with Crippen LogP contribution in [0.15, 0.2) is 41.2 Å². The third kappa shape index (κ3) is 5.29. The second-order valence-corrected chi connectivity index (χ2v) is 10.9. The van der Waals surface area contributed by atoms with Gasteiger partial charge in [-0.15, -0.1) is 0 Å². The van der Waals surface area contributed by atoms with Gasteiger partial charge in [0.2, 0.25) is 18.1 Å². The Bertz CT molecular complexity index is 980. The zero-order valence-corrected chi connectivity index (χ0v) is 21.9. The van der Waals surface area contributed by atoms with Gasteiger partial charge in [0.1, 0.15) is 6.17 Å². The van der Waals surface area contributed by atoms with Gasteiger partial charge in [-0.1, -0.05) is 12.8 Å². The summed E-state index contributed by atoms with van der Waals surface area (Å²) in [6, 6.07) is 8.97. The monoisotopic (exact) mass is 496 g/mol. The summed E-state index contributed by atoms with van der Waals surface area (Å²) in [6.45, 7) is 2.95. The highest BCUT2D eigenvalue weighted by atomic mass is 16.3. The predicted octanol–water partition coefficient (Wildman–Crippen LogP) is 1.32. The van der Waals surface area contributed by atoms with Crippen molar-refractivity contribution in [2.24, 2.45) is 4.99 Å². The number of piperidine rings is 1. The zero-order chi connectivity index (χ0) is 25.2. The van der Waals surface area contributed by atoms with E-state index >= 15 is 0 Å². The molecule has 3 fully saturated rings. The SMILES string of the molecule is CN1CCC([NH2+]C(O)c2ccc(NC3=NC=C4C(N3C)N(C3CCCC3)CCC(=O)N4C)cc2)CC1. The number of hydrogen-bond acceptors (Lipinski definition) is 7. The quantitative estimate of drug-likeness (QED) is 0.533. The Balaban J connectivity index is 1.28. The van der Waals surface area contributed by atoms with Crippen molar-refractivity contribution >= 4 is 17.6 Å². The minimum Gasteiger partial charge on any atom is -0.341 e. The molecule has 1 aliphatic carbocycles. The van der Waals surface area contributed by atoms with E-state index in [0.29, 0.717) is 18.5 Å². The number of aliphatic imine (C=N–C) groups is 1. The molecule has 0 spiro atoms. The van der Waals surface area contributed by atoms with Crippen molar-refractivity contribution in [2.45, 2.75) is 69.4 Å². The number of hydrogen-bond donors (Lipinski definition) is 3. The second-order valence-electron chi connectivity index (χ2n) is 10.9. The highest BCUT2D eigenvalue weighted by Crippen LogP contribution is 2.33. The molecule has 1 aromatic rings. The highest BCUT2D eigenvalue weighted by Gasteiger charge is 2.41. The minimum absolute atomic E-state index is 0.0187. The van der Waals surface area contributed by atoms with Crippen LogP contribution in [-0.2, 0) is 4.79 Å². The molecule has 1 saturated carbocycles. The number of amides is 1. The fraction of sp³-hybridized carbons (Fsp3) is 0.630. The van der Waals surface area contributed by atoms with E-state index in [4.69, 9.17) is 4.99 Å². The fourth-order valence-corrected chi connectivity index (χ4v) is 6.13. The fourth-order valence-electron chi connectivity index (χ4n) is 6.13. The molecule has 5 rings (SSSR count). The number of likely N-dealkylation sites (N-methyl/N-ethyl adjacent to an activating group) is 2. The van der Waals surface area contributed by atoms with Crippen LogP contribution in [0.5, 0.6) is 0 Å². The number of guanidine groups is 1. The van der Waals surface area contributed by atoms with Crippen LogP contribution in [0.25, 0.3) is 0 Å². The third-order valence-corrected chi connectivity index (χ3v) is 8.46. The molecule has 4 N–H and O–H groups in total. The number of benzene rings is 1. The average Bonchev–Trinajstić information content (AvgIpc) is 3.38. The zero-order valence-electron chi connectivity index (χ0n) is 21.9. The summed E-state index contributed by atoms with van der Waals surface area (Å²) < 4.78 is 0. The molecule has 0 radical (unpaired) electrons. The lowest BCUT2D eigenvalue weighted by Crippen LogP contribution is -2.91. The van der Waals surface area contributed by atoms with Crippen LogP contribution in [0.3, 0.4) is 0 Å². The number of nitrogens with one attached hydrogen (secondary N) is 1. The lowest BCUT2D eigenvalue weighted by atomic mass is 10.0. The van der Waals surface area contributed by atoms with E-state index in [1.807, 2.05) is 37.5 Å². The summed E-state index contributed by atoms with van der Waals surface area (Å²) >= 11 is 0. The van der Waals surface area contributed by atoms with Gasteiger partial charge in [-0.3, -0.25) is 9.69 Å². The Hall–Kier alpha value is -2.46. The summed E-state index contributed by atoms with van der Waals surface area (Å²) in [5.41, 5.74) is 2.79. The van der Waals surface area contributed by atoms with Gasteiger partial charge in [0.05, 0.1) is 17.9 Å². The van der Waals surface area contributed by atoms with Crippen molar-refractivity contribution in [3.05, 3.63) is 41.7 Å². The largest absolute Gasteiger partial charge is 0.341 e. The van der Waals surface area contributed by atoms with Crippen molar-refractivity contribution < 1.29 is 15.2 Å². The lowest BCUT2D eigenvalue weighted by Gasteiger charge is -2.44. The Morgan fingerprint density at radius 3 is 2.42 bits per heavy atom. The summed E-state index contributed by atoms with van der Waals surface area (Å²) in [4.78, 5) is 26.2. The highest BCUT2D eigenvalue weighted by molar-refractivity contribution is 5.95. The number of nitrogens with zero attached hydrogens (tertiary/aromatic N) is 5. The molecule has 196 valence electrons. The van der Waals surface area contributed by atoms with E-state index in [1.165, 1.54) is 25.7 Å². The number of rotatable bonds is 5. The molecule has 3 heterocycles. The molecule has 0 bridgehead atoms. The van der Waals surface area contributed by atoms with Crippen molar-refractivity contribution in [3.8, 4) is 0 Å².